The molecule has 2 aromatic rings. The first-order chi connectivity index (χ1) is 11.5. The number of nitrogens with one attached hydrogen (secondary N) is 4. The Morgan fingerprint density at radius 1 is 1.12 bits per heavy atom. The van der Waals surface area contributed by atoms with Crippen LogP contribution in [0.1, 0.15) is 5.56 Å². The van der Waals surface area contributed by atoms with E-state index in [9.17, 15) is 24.3 Å². The number of aliphatic hydroxyl groups excluding tert-OH is 1. The normalized spacial score (nSPS) is 11.5. The second-order valence-electron chi connectivity index (χ2n) is 4.98. The number of aromatic nitrogens is 2. The lowest BCUT2D eigenvalue weighted by molar-refractivity contribution is -0.136. The Morgan fingerprint density at radius 2 is 1.83 bits per heavy atom. The Morgan fingerprint density at radius 3 is 2.46 bits per heavy atom. The van der Waals surface area contributed by atoms with Gasteiger partial charge in [0.05, 0.1) is 12.6 Å². The Kier molecular flexibility index (Phi) is 5.63. The van der Waals surface area contributed by atoms with Gasteiger partial charge in [-0.05, 0) is 12.0 Å². The first-order valence-corrected chi connectivity index (χ1v) is 7.08. The van der Waals surface area contributed by atoms with Crippen LogP contribution < -0.4 is 21.9 Å². The molecule has 1 aromatic heterocycles. The van der Waals surface area contributed by atoms with Crippen LogP contribution in [0.4, 0.5) is 5.69 Å². The van der Waals surface area contributed by atoms with Gasteiger partial charge in [-0.2, -0.15) is 0 Å². The van der Waals surface area contributed by atoms with E-state index in [1.165, 1.54) is 0 Å². The van der Waals surface area contributed by atoms with E-state index in [1.807, 2.05) is 35.3 Å². The molecule has 126 valence electrons. The highest BCUT2D eigenvalue weighted by Crippen LogP contribution is 2.03. The lowest BCUT2D eigenvalue weighted by atomic mass is 10.1. The molecule has 0 fully saturated rings. The molecule has 0 spiro atoms. The van der Waals surface area contributed by atoms with E-state index in [-0.39, 0.29) is 12.3 Å². The van der Waals surface area contributed by atoms with Gasteiger partial charge in [0.1, 0.15) is 5.69 Å². The molecule has 2 amide bonds. The highest BCUT2D eigenvalue weighted by molar-refractivity contribution is 6.39. The molecule has 24 heavy (non-hydrogen) atoms. The SMILES string of the molecule is O=C(Nc1c[nH]c(=O)[nH]c1=O)C(=O)NC(CO)Cc1ccccc1. The zero-order valence-corrected chi connectivity index (χ0v) is 12.5. The molecular weight excluding hydrogens is 316 g/mol. The molecule has 1 unspecified atom stereocenters. The largest absolute Gasteiger partial charge is 0.394 e. The maximum absolute atomic E-state index is 11.9. The minimum atomic E-state index is -1.08. The van der Waals surface area contributed by atoms with Crippen molar-refractivity contribution in [3.63, 3.8) is 0 Å². The van der Waals surface area contributed by atoms with Crippen molar-refractivity contribution >= 4 is 17.5 Å². The smallest absolute Gasteiger partial charge is 0.325 e. The number of carbonyl (C=O) groups excluding carboxylic acids is 2. The minimum absolute atomic E-state index is 0.265. The summed E-state index contributed by atoms with van der Waals surface area (Å²) in [6.07, 6.45) is 1.33. The summed E-state index contributed by atoms with van der Waals surface area (Å²) in [5, 5.41) is 13.8. The molecule has 0 radical (unpaired) electrons. The average molecular weight is 332 g/mol. The predicted molar refractivity (Wildman–Crippen MR) is 85.5 cm³/mol. The Bertz CT molecular complexity index is 828. The zero-order valence-electron chi connectivity index (χ0n) is 12.5. The Balaban J connectivity index is 1.98. The highest BCUT2D eigenvalue weighted by Gasteiger charge is 2.19. The number of hydrogen-bond acceptors (Lipinski definition) is 5. The van der Waals surface area contributed by atoms with Gasteiger partial charge in [-0.1, -0.05) is 30.3 Å². The number of benzene rings is 1. The fourth-order valence-corrected chi connectivity index (χ4v) is 1.99. The molecule has 1 atom stereocenters. The van der Waals surface area contributed by atoms with E-state index in [2.05, 4.69) is 15.6 Å². The summed E-state index contributed by atoms with van der Waals surface area (Å²) >= 11 is 0. The first-order valence-electron chi connectivity index (χ1n) is 7.08. The van der Waals surface area contributed by atoms with E-state index in [0.717, 1.165) is 11.8 Å². The van der Waals surface area contributed by atoms with Crippen LogP contribution in [0.2, 0.25) is 0 Å². The van der Waals surface area contributed by atoms with Crippen LogP contribution in [-0.2, 0) is 16.0 Å². The maximum Gasteiger partial charge on any atom is 0.325 e. The number of aromatic amines is 2. The second-order valence-corrected chi connectivity index (χ2v) is 4.98. The van der Waals surface area contributed by atoms with E-state index < -0.39 is 29.1 Å². The molecule has 0 aliphatic carbocycles. The van der Waals surface area contributed by atoms with E-state index in [0.29, 0.717) is 6.42 Å². The van der Waals surface area contributed by atoms with Crippen LogP contribution in [0.3, 0.4) is 0 Å². The molecule has 9 nitrogen and oxygen atoms in total. The van der Waals surface area contributed by atoms with Gasteiger partial charge in [-0.3, -0.25) is 19.4 Å². The van der Waals surface area contributed by atoms with Crippen molar-refractivity contribution in [2.75, 3.05) is 11.9 Å². The van der Waals surface area contributed by atoms with Crippen LogP contribution in [0.15, 0.2) is 46.1 Å². The van der Waals surface area contributed by atoms with Crippen molar-refractivity contribution in [2.45, 2.75) is 12.5 Å². The summed E-state index contributed by atoms with van der Waals surface area (Å²) in [6.45, 7) is -0.354. The average Bonchev–Trinajstić information content (AvgIpc) is 2.57. The summed E-state index contributed by atoms with van der Waals surface area (Å²) in [6, 6.07) is 8.48. The fraction of sp³-hybridized carbons (Fsp3) is 0.200. The molecule has 5 N–H and O–H groups in total. The predicted octanol–water partition coefficient (Wildman–Crippen LogP) is -1.28. The van der Waals surface area contributed by atoms with Gasteiger partial charge in [0, 0.05) is 6.20 Å². The second kappa shape index (κ2) is 7.88. The molecular formula is C15H16N4O5. The molecule has 9 heteroatoms. The van der Waals surface area contributed by atoms with Crippen molar-refractivity contribution in [3.05, 3.63) is 62.9 Å². The molecule has 0 aliphatic heterocycles. The van der Waals surface area contributed by atoms with Crippen LogP contribution in [0.25, 0.3) is 0 Å². The molecule has 0 saturated carbocycles. The molecule has 0 bridgehead atoms. The van der Waals surface area contributed by atoms with Crippen LogP contribution in [0, 0.1) is 0 Å². The van der Waals surface area contributed by atoms with Crippen molar-refractivity contribution in [1.82, 2.24) is 15.3 Å². The quantitative estimate of drug-likeness (QED) is 0.433. The van der Waals surface area contributed by atoms with Crippen molar-refractivity contribution in [1.29, 1.82) is 0 Å². The molecule has 1 heterocycles. The molecule has 0 aliphatic rings. The van der Waals surface area contributed by atoms with Gasteiger partial charge in [0.25, 0.3) is 5.56 Å². The van der Waals surface area contributed by atoms with Crippen LogP contribution in [-0.4, -0.2) is 39.5 Å². The summed E-state index contributed by atoms with van der Waals surface area (Å²) < 4.78 is 0. The topological polar surface area (TPSA) is 144 Å². The number of hydrogen-bond donors (Lipinski definition) is 5. The number of amides is 2. The standard InChI is InChI=1S/C15H16N4O5/c20-8-10(6-9-4-2-1-3-5-9)17-13(22)14(23)18-11-7-16-15(24)19-12(11)21/h1-5,7,10,20H,6,8H2,(H,17,22)(H,18,23)(H2,16,19,21,24). The third-order valence-corrected chi connectivity index (χ3v) is 3.15. The fourth-order valence-electron chi connectivity index (χ4n) is 1.99. The van der Waals surface area contributed by atoms with Crippen LogP contribution >= 0.6 is 0 Å². The summed E-state index contributed by atoms with van der Waals surface area (Å²) in [5.41, 5.74) is -0.943. The van der Waals surface area contributed by atoms with Gasteiger partial charge in [0.15, 0.2) is 0 Å². The zero-order chi connectivity index (χ0) is 17.5. The van der Waals surface area contributed by atoms with E-state index in [1.54, 1.807) is 0 Å². The molecule has 1 aromatic carbocycles. The number of carbonyl (C=O) groups is 2. The number of anilines is 1. The van der Waals surface area contributed by atoms with Gasteiger partial charge >= 0.3 is 17.5 Å². The number of rotatable bonds is 5. The van der Waals surface area contributed by atoms with Gasteiger partial charge in [-0.25, -0.2) is 4.79 Å². The lowest BCUT2D eigenvalue weighted by Gasteiger charge is -2.16. The van der Waals surface area contributed by atoms with Crippen molar-refractivity contribution in [3.8, 4) is 0 Å². The van der Waals surface area contributed by atoms with E-state index in [4.69, 9.17) is 0 Å². The molecule has 2 rings (SSSR count). The first kappa shape index (κ1) is 17.2. The minimum Gasteiger partial charge on any atom is -0.394 e. The monoisotopic (exact) mass is 332 g/mol. The Labute approximate surface area is 135 Å². The van der Waals surface area contributed by atoms with Crippen molar-refractivity contribution in [2.24, 2.45) is 0 Å². The van der Waals surface area contributed by atoms with Gasteiger partial charge in [0.2, 0.25) is 0 Å². The third kappa shape index (κ3) is 4.65. The van der Waals surface area contributed by atoms with Crippen molar-refractivity contribution < 1.29 is 14.7 Å². The molecule has 0 saturated heterocycles. The number of H-pyrrole nitrogens is 2. The highest BCUT2D eigenvalue weighted by atomic mass is 16.3. The third-order valence-electron chi connectivity index (χ3n) is 3.15. The number of aliphatic hydroxyl groups is 1. The lowest BCUT2D eigenvalue weighted by Crippen LogP contribution is -2.45. The van der Waals surface area contributed by atoms with Gasteiger partial charge < -0.3 is 20.7 Å². The maximum atomic E-state index is 11.9. The summed E-state index contributed by atoms with van der Waals surface area (Å²) in [5.74, 6) is -2.09. The summed E-state index contributed by atoms with van der Waals surface area (Å²) in [7, 11) is 0. The summed E-state index contributed by atoms with van der Waals surface area (Å²) in [4.78, 5) is 50.1. The van der Waals surface area contributed by atoms with Crippen LogP contribution in [0.5, 0.6) is 0 Å². The van der Waals surface area contributed by atoms with E-state index >= 15 is 0 Å². The Hall–Kier alpha value is -3.20. The van der Waals surface area contributed by atoms with Gasteiger partial charge in [-0.15, -0.1) is 0 Å².